The number of hydrogen-bond donors (Lipinski definition) is 1. The highest BCUT2D eigenvalue weighted by Crippen LogP contribution is 2.09. The molecule has 234 valence electrons. The first kappa shape index (κ1) is 38.8. The fourth-order valence-electron chi connectivity index (χ4n) is 4.09. The monoisotopic (exact) mass is 570 g/mol. The lowest BCUT2D eigenvalue weighted by atomic mass is 10.1. The van der Waals surface area contributed by atoms with Gasteiger partial charge in [0.25, 0.3) is 0 Å². The van der Waals surface area contributed by atoms with Crippen molar-refractivity contribution in [2.45, 2.75) is 136 Å². The van der Waals surface area contributed by atoms with Crippen LogP contribution in [0.5, 0.6) is 0 Å². The minimum Gasteiger partial charge on any atom is -0.457 e. The molecule has 4 nitrogen and oxygen atoms in total. The van der Waals surface area contributed by atoms with Crippen molar-refractivity contribution in [1.82, 2.24) is 0 Å². The van der Waals surface area contributed by atoms with Gasteiger partial charge in [0.05, 0.1) is 13.2 Å². The summed E-state index contributed by atoms with van der Waals surface area (Å²) in [5.74, 6) is -0.226. The summed E-state index contributed by atoms with van der Waals surface area (Å²) in [4.78, 5) is 11.9. The predicted molar refractivity (Wildman–Crippen MR) is 177 cm³/mol. The molecule has 0 saturated carbocycles. The smallest absolute Gasteiger partial charge is 0.306 e. The number of unbranched alkanes of at least 4 members (excludes halogenated alkanes) is 9. The summed E-state index contributed by atoms with van der Waals surface area (Å²) < 4.78 is 11.0. The second-order valence-electron chi connectivity index (χ2n) is 10.5. The Hall–Kier alpha value is -2.17. The van der Waals surface area contributed by atoms with Gasteiger partial charge in [0.2, 0.25) is 0 Å². The van der Waals surface area contributed by atoms with Gasteiger partial charge in [0, 0.05) is 13.0 Å². The number of aliphatic hydroxyl groups excluding tert-OH is 1. The molecule has 1 N–H and O–H groups in total. The Morgan fingerprint density at radius 2 is 1.10 bits per heavy atom. The van der Waals surface area contributed by atoms with E-state index in [1.54, 1.807) is 0 Å². The van der Waals surface area contributed by atoms with Crippen molar-refractivity contribution < 1.29 is 19.4 Å². The lowest BCUT2D eigenvalue weighted by Gasteiger charge is -2.15. The average molecular weight is 571 g/mol. The second kappa shape index (κ2) is 34.0. The highest BCUT2D eigenvalue weighted by molar-refractivity contribution is 5.69. The maximum atomic E-state index is 11.9. The maximum Gasteiger partial charge on any atom is 0.306 e. The fourth-order valence-corrected chi connectivity index (χ4v) is 4.09. The van der Waals surface area contributed by atoms with Crippen LogP contribution in [-0.4, -0.2) is 37.0 Å². The molecular formula is C37H62O4. The highest BCUT2D eigenvalue weighted by Gasteiger charge is 2.13. The largest absolute Gasteiger partial charge is 0.457 e. The fraction of sp³-hybridized carbons (Fsp3) is 0.649. The van der Waals surface area contributed by atoms with Crippen LogP contribution in [0.1, 0.15) is 129 Å². The van der Waals surface area contributed by atoms with Crippen molar-refractivity contribution in [3.05, 3.63) is 72.9 Å². The van der Waals surface area contributed by atoms with Crippen LogP contribution in [0, 0.1) is 0 Å². The quantitative estimate of drug-likeness (QED) is 0.0552. The standard InChI is InChI=1S/C37H62O4/c1-3-5-7-9-10-11-12-13-14-15-16-17-18-19-20-21-22-23-24-25-26-27-29-31-33-40-35-36(34-38)41-37(39)32-30-28-8-6-4-2/h5,7,10-11,13-14,16-17,19-20,22-23,36,38H,3-4,6,8-9,12,15,18,21,24-35H2,1-2H3/b7-5-,11-10-,14-13-,17-16-,20-19-,23-22-. The Kier molecular flexibility index (Phi) is 32.2. The molecule has 0 saturated heterocycles. The molecule has 0 aliphatic rings. The molecule has 0 bridgehead atoms. The summed E-state index contributed by atoms with van der Waals surface area (Å²) in [5.41, 5.74) is 0. The van der Waals surface area contributed by atoms with Gasteiger partial charge in [0.1, 0.15) is 6.10 Å². The van der Waals surface area contributed by atoms with Gasteiger partial charge in [-0.05, 0) is 64.2 Å². The third kappa shape index (κ3) is 32.2. The first-order valence-electron chi connectivity index (χ1n) is 16.5. The average Bonchev–Trinajstić information content (AvgIpc) is 2.98. The summed E-state index contributed by atoms with van der Waals surface area (Å²) >= 11 is 0. The van der Waals surface area contributed by atoms with Gasteiger partial charge >= 0.3 is 5.97 Å². The number of carbonyl (C=O) groups excluding carboxylic acids is 1. The van der Waals surface area contributed by atoms with Crippen molar-refractivity contribution in [3.8, 4) is 0 Å². The number of allylic oxidation sites excluding steroid dienone is 12. The Morgan fingerprint density at radius 3 is 1.66 bits per heavy atom. The van der Waals surface area contributed by atoms with Gasteiger partial charge in [-0.1, -0.05) is 132 Å². The van der Waals surface area contributed by atoms with Crippen molar-refractivity contribution in [1.29, 1.82) is 0 Å². The molecule has 0 amide bonds. The molecule has 0 aromatic rings. The third-order valence-corrected chi connectivity index (χ3v) is 6.55. The summed E-state index contributed by atoms with van der Waals surface area (Å²) in [6.45, 7) is 5.08. The van der Waals surface area contributed by atoms with Crippen LogP contribution in [-0.2, 0) is 14.3 Å². The van der Waals surface area contributed by atoms with E-state index in [4.69, 9.17) is 9.47 Å². The Balaban J connectivity index is 3.53. The first-order chi connectivity index (χ1) is 20.2. The molecule has 0 aromatic heterocycles. The topological polar surface area (TPSA) is 55.8 Å². The van der Waals surface area contributed by atoms with Crippen molar-refractivity contribution in [2.75, 3.05) is 19.8 Å². The molecule has 0 aliphatic heterocycles. The van der Waals surface area contributed by atoms with Crippen LogP contribution in [0.2, 0.25) is 0 Å². The van der Waals surface area contributed by atoms with Gasteiger partial charge in [-0.2, -0.15) is 0 Å². The zero-order valence-corrected chi connectivity index (χ0v) is 26.5. The van der Waals surface area contributed by atoms with Crippen LogP contribution >= 0.6 is 0 Å². The van der Waals surface area contributed by atoms with E-state index in [-0.39, 0.29) is 19.2 Å². The Labute approximate surface area is 253 Å². The number of rotatable bonds is 29. The molecule has 0 aliphatic carbocycles. The van der Waals surface area contributed by atoms with E-state index in [2.05, 4.69) is 86.8 Å². The molecule has 0 aromatic carbocycles. The van der Waals surface area contributed by atoms with Gasteiger partial charge in [0.15, 0.2) is 0 Å². The lowest BCUT2D eigenvalue weighted by Crippen LogP contribution is -2.27. The Morgan fingerprint density at radius 1 is 0.610 bits per heavy atom. The van der Waals surface area contributed by atoms with Crippen molar-refractivity contribution in [2.24, 2.45) is 0 Å². The SMILES string of the molecule is CC/C=C\C/C=C\C/C=C\C/C=C\C/C=C\C/C=C\CCCCCCCOCC(CO)OC(=O)CCCCCCC. The molecule has 1 atom stereocenters. The molecule has 1 unspecified atom stereocenters. The minimum atomic E-state index is -0.542. The zero-order valence-electron chi connectivity index (χ0n) is 26.5. The number of aliphatic hydroxyl groups is 1. The van der Waals surface area contributed by atoms with E-state index < -0.39 is 6.10 Å². The first-order valence-corrected chi connectivity index (χ1v) is 16.5. The molecule has 0 rings (SSSR count). The van der Waals surface area contributed by atoms with E-state index in [9.17, 15) is 9.90 Å². The Bertz CT molecular complexity index is 729. The summed E-state index contributed by atoms with van der Waals surface area (Å²) in [5, 5.41) is 9.44. The third-order valence-electron chi connectivity index (χ3n) is 6.55. The van der Waals surface area contributed by atoms with E-state index >= 15 is 0 Å². The van der Waals surface area contributed by atoms with Gasteiger partial charge < -0.3 is 14.6 Å². The molecule has 0 heterocycles. The molecule has 41 heavy (non-hydrogen) atoms. The van der Waals surface area contributed by atoms with Gasteiger partial charge in [-0.25, -0.2) is 0 Å². The van der Waals surface area contributed by atoms with E-state index in [1.807, 2.05) is 0 Å². The predicted octanol–water partition coefficient (Wildman–Crippen LogP) is 10.3. The van der Waals surface area contributed by atoms with E-state index in [0.717, 1.165) is 70.6 Å². The second-order valence-corrected chi connectivity index (χ2v) is 10.5. The van der Waals surface area contributed by atoms with E-state index in [1.165, 1.54) is 38.5 Å². The van der Waals surface area contributed by atoms with Crippen LogP contribution in [0.15, 0.2) is 72.9 Å². The minimum absolute atomic E-state index is 0.184. The van der Waals surface area contributed by atoms with Crippen LogP contribution in [0.4, 0.5) is 0 Å². The summed E-state index contributed by atoms with van der Waals surface area (Å²) in [6, 6.07) is 0. The molecule has 0 spiro atoms. The molecular weight excluding hydrogens is 508 g/mol. The molecule has 0 fully saturated rings. The maximum absolute atomic E-state index is 11.9. The van der Waals surface area contributed by atoms with Crippen LogP contribution < -0.4 is 0 Å². The summed E-state index contributed by atoms with van der Waals surface area (Å²) in [6.07, 6.45) is 45.4. The van der Waals surface area contributed by atoms with Gasteiger partial charge in [-0.3, -0.25) is 4.79 Å². The molecule has 4 heteroatoms. The highest BCUT2D eigenvalue weighted by atomic mass is 16.6. The van der Waals surface area contributed by atoms with Crippen LogP contribution in [0.3, 0.4) is 0 Å². The number of hydrogen-bond acceptors (Lipinski definition) is 4. The summed E-state index contributed by atoms with van der Waals surface area (Å²) in [7, 11) is 0. The zero-order chi connectivity index (χ0) is 29.9. The van der Waals surface area contributed by atoms with Crippen LogP contribution in [0.25, 0.3) is 0 Å². The number of ether oxygens (including phenoxy) is 2. The normalized spacial score (nSPS) is 13.3. The lowest BCUT2D eigenvalue weighted by molar-refractivity contribution is -0.154. The molecule has 0 radical (unpaired) electrons. The number of esters is 1. The van der Waals surface area contributed by atoms with Crippen molar-refractivity contribution in [3.63, 3.8) is 0 Å². The number of carbonyl (C=O) groups is 1. The van der Waals surface area contributed by atoms with E-state index in [0.29, 0.717) is 13.0 Å². The van der Waals surface area contributed by atoms with Crippen molar-refractivity contribution >= 4 is 5.97 Å². The van der Waals surface area contributed by atoms with Gasteiger partial charge in [-0.15, -0.1) is 0 Å².